The molecule has 0 atom stereocenters. The number of rotatable bonds is 4. The lowest BCUT2D eigenvalue weighted by Gasteiger charge is -2.06. The Labute approximate surface area is 130 Å². The van der Waals surface area contributed by atoms with Gasteiger partial charge in [-0.15, -0.1) is 0 Å². The van der Waals surface area contributed by atoms with E-state index in [0.717, 1.165) is 18.2 Å². The van der Waals surface area contributed by atoms with Crippen LogP contribution in [0.15, 0.2) is 47.0 Å². The minimum atomic E-state index is -0.731. The van der Waals surface area contributed by atoms with Crippen LogP contribution < -0.4 is 4.74 Å². The maximum Gasteiger partial charge on any atom is 0.176 e. The fourth-order valence-corrected chi connectivity index (χ4v) is 2.42. The molecule has 23 heavy (non-hydrogen) atoms. The summed E-state index contributed by atoms with van der Waals surface area (Å²) in [6.07, 6.45) is 0. The third kappa shape index (κ3) is 2.80. The van der Waals surface area contributed by atoms with Gasteiger partial charge in [0.15, 0.2) is 5.76 Å². The Morgan fingerprint density at radius 3 is 2.48 bits per heavy atom. The van der Waals surface area contributed by atoms with E-state index in [9.17, 15) is 13.9 Å². The molecule has 3 rings (SSSR count). The number of hydrogen-bond acceptors (Lipinski definition) is 4. The van der Waals surface area contributed by atoms with Crippen molar-refractivity contribution in [2.24, 2.45) is 0 Å². The maximum absolute atomic E-state index is 13.4. The van der Waals surface area contributed by atoms with Crippen LogP contribution in [0.25, 0.3) is 22.6 Å². The third-order valence-electron chi connectivity index (χ3n) is 3.43. The van der Waals surface area contributed by atoms with E-state index < -0.39 is 18.2 Å². The largest absolute Gasteiger partial charge is 0.496 e. The van der Waals surface area contributed by atoms with Gasteiger partial charge in [-0.25, -0.2) is 8.78 Å². The normalized spacial score (nSPS) is 10.8. The minimum absolute atomic E-state index is 0.187. The van der Waals surface area contributed by atoms with Crippen LogP contribution in [0.3, 0.4) is 0 Å². The maximum atomic E-state index is 13.4. The van der Waals surface area contributed by atoms with Crippen molar-refractivity contribution in [1.29, 1.82) is 0 Å². The number of aliphatic hydroxyl groups excluding tert-OH is 1. The zero-order chi connectivity index (χ0) is 16.4. The molecule has 0 spiro atoms. The average molecular weight is 317 g/mol. The van der Waals surface area contributed by atoms with E-state index in [4.69, 9.17) is 9.26 Å². The third-order valence-corrected chi connectivity index (χ3v) is 3.43. The van der Waals surface area contributed by atoms with Crippen molar-refractivity contribution in [1.82, 2.24) is 5.16 Å². The number of nitrogens with zero attached hydrogens (tertiary/aromatic N) is 1. The van der Waals surface area contributed by atoms with Gasteiger partial charge in [0.05, 0.1) is 24.8 Å². The molecule has 4 nitrogen and oxygen atoms in total. The molecule has 0 saturated carbocycles. The minimum Gasteiger partial charge on any atom is -0.496 e. The molecule has 0 aliphatic rings. The van der Waals surface area contributed by atoms with Crippen LogP contribution in [0.2, 0.25) is 0 Å². The van der Waals surface area contributed by atoms with Crippen molar-refractivity contribution < 1.29 is 23.1 Å². The molecule has 1 N–H and O–H groups in total. The van der Waals surface area contributed by atoms with Crippen molar-refractivity contribution in [3.05, 3.63) is 59.7 Å². The summed E-state index contributed by atoms with van der Waals surface area (Å²) in [5.41, 5.74) is 1.30. The van der Waals surface area contributed by atoms with Gasteiger partial charge in [-0.2, -0.15) is 0 Å². The van der Waals surface area contributed by atoms with Gasteiger partial charge >= 0.3 is 0 Å². The van der Waals surface area contributed by atoms with Crippen molar-refractivity contribution in [3.8, 4) is 28.3 Å². The zero-order valence-corrected chi connectivity index (χ0v) is 12.2. The summed E-state index contributed by atoms with van der Waals surface area (Å²) in [7, 11) is 1.51. The Morgan fingerprint density at radius 1 is 1.13 bits per heavy atom. The lowest BCUT2D eigenvalue weighted by atomic mass is 10.0. The molecule has 0 amide bonds. The second kappa shape index (κ2) is 6.18. The Balaban J connectivity index is 2.17. The lowest BCUT2D eigenvalue weighted by molar-refractivity contribution is 0.281. The fourth-order valence-electron chi connectivity index (χ4n) is 2.42. The van der Waals surface area contributed by atoms with Gasteiger partial charge in [0.25, 0.3) is 0 Å². The van der Waals surface area contributed by atoms with Gasteiger partial charge in [0.2, 0.25) is 0 Å². The fraction of sp³-hybridized carbons (Fsp3) is 0.118. The first-order valence-corrected chi connectivity index (χ1v) is 6.83. The van der Waals surface area contributed by atoms with Gasteiger partial charge in [0, 0.05) is 11.6 Å². The van der Waals surface area contributed by atoms with Gasteiger partial charge in [-0.1, -0.05) is 17.3 Å². The summed E-state index contributed by atoms with van der Waals surface area (Å²) in [6.45, 7) is -0.398. The molecule has 0 aliphatic heterocycles. The number of hydrogen-bond donors (Lipinski definition) is 1. The monoisotopic (exact) mass is 317 g/mol. The quantitative estimate of drug-likeness (QED) is 0.795. The predicted octanol–water partition coefficient (Wildman–Crippen LogP) is 3.79. The Kier molecular flexibility index (Phi) is 4.08. The molecule has 118 valence electrons. The molecule has 0 saturated heterocycles. The number of methoxy groups -OCH3 is 1. The molecular formula is C17H13F2NO3. The first-order chi connectivity index (χ1) is 11.1. The molecule has 3 aromatic rings. The molecular weight excluding hydrogens is 304 g/mol. The van der Waals surface area contributed by atoms with Crippen LogP contribution in [0.4, 0.5) is 8.78 Å². The van der Waals surface area contributed by atoms with Crippen LogP contribution in [-0.2, 0) is 6.61 Å². The molecule has 1 aromatic heterocycles. The van der Waals surface area contributed by atoms with Crippen molar-refractivity contribution in [2.45, 2.75) is 6.61 Å². The Bertz CT molecular complexity index is 825. The number of benzene rings is 2. The van der Waals surface area contributed by atoms with Crippen LogP contribution in [0.1, 0.15) is 5.56 Å². The highest BCUT2D eigenvalue weighted by atomic mass is 19.1. The smallest absolute Gasteiger partial charge is 0.176 e. The highest BCUT2D eigenvalue weighted by Crippen LogP contribution is 2.37. The van der Waals surface area contributed by atoms with Crippen LogP contribution in [0.5, 0.6) is 5.75 Å². The first-order valence-electron chi connectivity index (χ1n) is 6.83. The highest BCUT2D eigenvalue weighted by molar-refractivity contribution is 5.75. The van der Waals surface area contributed by atoms with Crippen molar-refractivity contribution in [3.63, 3.8) is 0 Å². The van der Waals surface area contributed by atoms with Crippen LogP contribution in [0, 0.1) is 11.6 Å². The van der Waals surface area contributed by atoms with Crippen LogP contribution >= 0.6 is 0 Å². The van der Waals surface area contributed by atoms with E-state index in [2.05, 4.69) is 5.16 Å². The number of halogens is 2. The highest BCUT2D eigenvalue weighted by Gasteiger charge is 2.21. The summed E-state index contributed by atoms with van der Waals surface area (Å²) < 4.78 is 37.4. The van der Waals surface area contributed by atoms with Gasteiger partial charge in [-0.05, 0) is 24.3 Å². The molecule has 0 aliphatic carbocycles. The van der Waals surface area contributed by atoms with E-state index in [1.807, 2.05) is 0 Å². The van der Waals surface area contributed by atoms with E-state index in [-0.39, 0.29) is 11.3 Å². The van der Waals surface area contributed by atoms with E-state index in [1.54, 1.807) is 24.3 Å². The number of aromatic nitrogens is 1. The second-order valence-corrected chi connectivity index (χ2v) is 4.86. The van der Waals surface area contributed by atoms with E-state index in [0.29, 0.717) is 22.6 Å². The Morgan fingerprint density at radius 2 is 1.83 bits per heavy atom. The summed E-state index contributed by atoms with van der Waals surface area (Å²) in [4.78, 5) is 0. The molecule has 1 heterocycles. The number of ether oxygens (including phenoxy) is 1. The van der Waals surface area contributed by atoms with E-state index in [1.165, 1.54) is 7.11 Å². The molecule has 0 fully saturated rings. The summed E-state index contributed by atoms with van der Waals surface area (Å²) in [5, 5.41) is 13.6. The molecule has 2 aromatic carbocycles. The molecule has 0 bridgehead atoms. The number of para-hydroxylation sites is 1. The van der Waals surface area contributed by atoms with Crippen molar-refractivity contribution in [2.75, 3.05) is 7.11 Å². The summed E-state index contributed by atoms with van der Waals surface area (Å²) >= 11 is 0. The Hall–Kier alpha value is -2.73. The summed E-state index contributed by atoms with van der Waals surface area (Å²) in [5.74, 6) is -0.628. The number of aliphatic hydroxyl groups is 1. The molecule has 6 heteroatoms. The average Bonchev–Trinajstić information content (AvgIpc) is 2.97. The zero-order valence-electron chi connectivity index (χ0n) is 12.2. The van der Waals surface area contributed by atoms with Gasteiger partial charge < -0.3 is 14.4 Å². The predicted molar refractivity (Wildman–Crippen MR) is 79.8 cm³/mol. The van der Waals surface area contributed by atoms with E-state index >= 15 is 0 Å². The first kappa shape index (κ1) is 15.2. The lowest BCUT2D eigenvalue weighted by Crippen LogP contribution is -1.92. The van der Waals surface area contributed by atoms with Gasteiger partial charge in [-0.3, -0.25) is 0 Å². The van der Waals surface area contributed by atoms with Crippen molar-refractivity contribution >= 4 is 0 Å². The molecule has 0 radical (unpaired) electrons. The van der Waals surface area contributed by atoms with Crippen LogP contribution in [-0.4, -0.2) is 17.4 Å². The SMILES string of the molecule is COc1ccccc1-c1onc(-c2cc(F)cc(F)c2)c1CO. The summed E-state index contributed by atoms with van der Waals surface area (Å²) in [6, 6.07) is 10.1. The van der Waals surface area contributed by atoms with Gasteiger partial charge in [0.1, 0.15) is 23.1 Å². The standard InChI is InChI=1S/C17H13F2NO3/c1-22-15-5-3-2-4-13(15)17-14(9-21)16(20-23-17)10-6-11(18)8-12(19)7-10/h2-8,21H,9H2,1H3. The topological polar surface area (TPSA) is 55.5 Å². The molecule has 0 unspecified atom stereocenters. The second-order valence-electron chi connectivity index (χ2n) is 4.86.